The van der Waals surface area contributed by atoms with Crippen molar-refractivity contribution in [2.45, 2.75) is 25.7 Å². The van der Waals surface area contributed by atoms with E-state index in [0.29, 0.717) is 12.6 Å². The molecule has 0 saturated carbocycles. The van der Waals surface area contributed by atoms with Gasteiger partial charge in [-0.05, 0) is 6.92 Å². The predicted octanol–water partition coefficient (Wildman–Crippen LogP) is 0.607. The lowest BCUT2D eigenvalue weighted by atomic mass is 10.2. The van der Waals surface area contributed by atoms with Gasteiger partial charge in [0.05, 0.1) is 0 Å². The van der Waals surface area contributed by atoms with E-state index in [9.17, 15) is 0 Å². The van der Waals surface area contributed by atoms with E-state index in [0.717, 1.165) is 6.42 Å². The molecule has 0 aromatic rings. The second-order valence-electron chi connectivity index (χ2n) is 2.62. The van der Waals surface area contributed by atoms with Gasteiger partial charge in [0.25, 0.3) is 0 Å². The summed E-state index contributed by atoms with van der Waals surface area (Å²) in [6, 6.07) is 0.308. The fourth-order valence-corrected chi connectivity index (χ4v) is 0.809. The van der Waals surface area contributed by atoms with E-state index in [-0.39, 0.29) is 6.29 Å². The summed E-state index contributed by atoms with van der Waals surface area (Å²) in [4.78, 5) is 0. The van der Waals surface area contributed by atoms with Gasteiger partial charge in [0, 0.05) is 33.2 Å². The molecule has 0 saturated heterocycles. The van der Waals surface area contributed by atoms with Crippen LogP contribution in [0.4, 0.5) is 0 Å². The first-order chi connectivity index (χ1) is 5.74. The molecular weight excluding hydrogens is 154 g/mol. The van der Waals surface area contributed by atoms with Gasteiger partial charge in [-0.25, -0.2) is 0 Å². The zero-order chi connectivity index (χ0) is 9.40. The van der Waals surface area contributed by atoms with Crippen LogP contribution >= 0.6 is 0 Å². The minimum absolute atomic E-state index is 0.190. The van der Waals surface area contributed by atoms with Gasteiger partial charge in [-0.3, -0.25) is 0 Å². The second kappa shape index (κ2) is 7.11. The number of ether oxygens (including phenoxy) is 2. The molecule has 0 rings (SSSR count). The van der Waals surface area contributed by atoms with Crippen molar-refractivity contribution < 1.29 is 9.47 Å². The molecular formula is C9H17NO2. The van der Waals surface area contributed by atoms with Gasteiger partial charge in [-0.15, -0.1) is 12.3 Å². The van der Waals surface area contributed by atoms with Crippen LogP contribution in [-0.2, 0) is 9.47 Å². The van der Waals surface area contributed by atoms with Gasteiger partial charge in [-0.2, -0.15) is 0 Å². The normalized spacial score (nSPS) is 12.9. The van der Waals surface area contributed by atoms with Gasteiger partial charge < -0.3 is 14.8 Å². The third kappa shape index (κ3) is 5.14. The summed E-state index contributed by atoms with van der Waals surface area (Å²) >= 11 is 0. The Balaban J connectivity index is 3.45. The number of hydrogen-bond donors (Lipinski definition) is 1. The van der Waals surface area contributed by atoms with Crippen LogP contribution in [0.25, 0.3) is 0 Å². The maximum absolute atomic E-state index is 5.15. The molecule has 0 spiro atoms. The minimum atomic E-state index is -0.190. The van der Waals surface area contributed by atoms with E-state index in [1.165, 1.54) is 0 Å². The lowest BCUT2D eigenvalue weighted by Crippen LogP contribution is -2.35. The van der Waals surface area contributed by atoms with E-state index < -0.39 is 0 Å². The SMILES string of the molecule is C#CCC(C)NCC(OC)OC. The number of rotatable bonds is 6. The molecule has 0 aliphatic rings. The molecule has 0 aromatic heterocycles. The molecule has 70 valence electrons. The molecule has 3 heteroatoms. The molecule has 0 bridgehead atoms. The fourth-order valence-electron chi connectivity index (χ4n) is 0.809. The van der Waals surface area contributed by atoms with Crippen molar-refractivity contribution in [3.8, 4) is 12.3 Å². The second-order valence-corrected chi connectivity index (χ2v) is 2.62. The molecule has 0 aromatic carbocycles. The van der Waals surface area contributed by atoms with E-state index in [2.05, 4.69) is 11.2 Å². The number of terminal acetylenes is 1. The Morgan fingerprint density at radius 2 is 2.00 bits per heavy atom. The summed E-state index contributed by atoms with van der Waals surface area (Å²) in [5, 5.41) is 3.19. The van der Waals surface area contributed by atoms with Crippen LogP contribution in [0.1, 0.15) is 13.3 Å². The van der Waals surface area contributed by atoms with Crippen molar-refractivity contribution in [3.63, 3.8) is 0 Å². The summed E-state index contributed by atoms with van der Waals surface area (Å²) in [5.41, 5.74) is 0. The highest BCUT2D eigenvalue weighted by Gasteiger charge is 2.06. The van der Waals surface area contributed by atoms with Crippen molar-refractivity contribution in [1.82, 2.24) is 5.32 Å². The van der Waals surface area contributed by atoms with Crippen LogP contribution in [0.15, 0.2) is 0 Å². The first kappa shape index (κ1) is 11.4. The lowest BCUT2D eigenvalue weighted by molar-refractivity contribution is -0.0996. The minimum Gasteiger partial charge on any atom is -0.355 e. The van der Waals surface area contributed by atoms with Gasteiger partial charge in [0.15, 0.2) is 6.29 Å². The Labute approximate surface area is 74.4 Å². The molecule has 1 atom stereocenters. The molecule has 0 amide bonds. The molecule has 1 N–H and O–H groups in total. The molecule has 1 unspecified atom stereocenters. The summed E-state index contributed by atoms with van der Waals surface area (Å²) in [6.07, 6.45) is 5.68. The average Bonchev–Trinajstić information content (AvgIpc) is 2.07. The van der Waals surface area contributed by atoms with Crippen LogP contribution in [0.3, 0.4) is 0 Å². The van der Waals surface area contributed by atoms with E-state index >= 15 is 0 Å². The highest BCUT2D eigenvalue weighted by molar-refractivity contribution is 4.87. The van der Waals surface area contributed by atoms with Gasteiger partial charge in [0.2, 0.25) is 0 Å². The topological polar surface area (TPSA) is 30.5 Å². The lowest BCUT2D eigenvalue weighted by Gasteiger charge is -2.16. The monoisotopic (exact) mass is 171 g/mol. The Hall–Kier alpha value is -0.560. The smallest absolute Gasteiger partial charge is 0.169 e. The quantitative estimate of drug-likeness (QED) is 0.469. The molecule has 0 aliphatic heterocycles. The summed E-state index contributed by atoms with van der Waals surface area (Å²) in [7, 11) is 3.23. The summed E-state index contributed by atoms with van der Waals surface area (Å²) < 4.78 is 9.98. The van der Waals surface area contributed by atoms with Crippen LogP contribution in [0.2, 0.25) is 0 Å². The van der Waals surface area contributed by atoms with Gasteiger partial charge in [-0.1, -0.05) is 0 Å². The van der Waals surface area contributed by atoms with Crippen LogP contribution in [-0.4, -0.2) is 33.1 Å². The highest BCUT2D eigenvalue weighted by atomic mass is 16.7. The van der Waals surface area contributed by atoms with Crippen molar-refractivity contribution in [3.05, 3.63) is 0 Å². The third-order valence-electron chi connectivity index (χ3n) is 1.58. The Morgan fingerprint density at radius 1 is 1.42 bits per heavy atom. The van der Waals surface area contributed by atoms with Crippen molar-refractivity contribution in [2.24, 2.45) is 0 Å². The van der Waals surface area contributed by atoms with E-state index in [1.54, 1.807) is 14.2 Å². The Morgan fingerprint density at radius 3 is 2.42 bits per heavy atom. The largest absolute Gasteiger partial charge is 0.355 e. The third-order valence-corrected chi connectivity index (χ3v) is 1.58. The van der Waals surface area contributed by atoms with Crippen molar-refractivity contribution in [1.29, 1.82) is 0 Å². The number of methoxy groups -OCH3 is 2. The fraction of sp³-hybridized carbons (Fsp3) is 0.778. The van der Waals surface area contributed by atoms with Crippen LogP contribution in [0, 0.1) is 12.3 Å². The predicted molar refractivity (Wildman–Crippen MR) is 48.7 cm³/mol. The Bertz CT molecular complexity index is 138. The zero-order valence-corrected chi connectivity index (χ0v) is 7.96. The van der Waals surface area contributed by atoms with Crippen LogP contribution in [0.5, 0.6) is 0 Å². The molecule has 0 radical (unpaired) electrons. The van der Waals surface area contributed by atoms with Gasteiger partial charge >= 0.3 is 0 Å². The first-order valence-corrected chi connectivity index (χ1v) is 3.97. The van der Waals surface area contributed by atoms with Crippen molar-refractivity contribution in [2.75, 3.05) is 20.8 Å². The number of nitrogens with one attached hydrogen (secondary N) is 1. The maximum Gasteiger partial charge on any atom is 0.169 e. The Kier molecular flexibility index (Phi) is 6.78. The van der Waals surface area contributed by atoms with Crippen molar-refractivity contribution >= 4 is 0 Å². The standard InChI is InChI=1S/C9H17NO2/c1-5-6-8(2)10-7-9(11-3)12-4/h1,8-10H,6-7H2,2-4H3. The van der Waals surface area contributed by atoms with E-state index in [4.69, 9.17) is 15.9 Å². The number of hydrogen-bond acceptors (Lipinski definition) is 3. The highest BCUT2D eigenvalue weighted by Crippen LogP contribution is 1.92. The van der Waals surface area contributed by atoms with Crippen LogP contribution < -0.4 is 5.32 Å². The molecule has 0 fully saturated rings. The van der Waals surface area contributed by atoms with E-state index in [1.807, 2.05) is 6.92 Å². The average molecular weight is 171 g/mol. The molecule has 12 heavy (non-hydrogen) atoms. The van der Waals surface area contributed by atoms with Gasteiger partial charge in [0.1, 0.15) is 0 Å². The zero-order valence-electron chi connectivity index (χ0n) is 7.96. The summed E-state index contributed by atoms with van der Waals surface area (Å²) in [6.45, 7) is 2.69. The maximum atomic E-state index is 5.15. The first-order valence-electron chi connectivity index (χ1n) is 3.97. The summed E-state index contributed by atoms with van der Waals surface area (Å²) in [5.74, 6) is 2.58. The molecule has 0 aliphatic carbocycles. The molecule has 0 heterocycles. The molecule has 3 nitrogen and oxygen atoms in total.